The maximum Gasteiger partial charge on any atom is 0.279 e. The van der Waals surface area contributed by atoms with E-state index in [1.165, 1.54) is 11.7 Å². The third-order valence-electron chi connectivity index (χ3n) is 3.51. The average molecular weight is 281 g/mol. The lowest BCUT2D eigenvalue weighted by molar-refractivity contribution is 0.0913. The van der Waals surface area contributed by atoms with Gasteiger partial charge < -0.3 is 10.4 Å². The van der Waals surface area contributed by atoms with E-state index in [1.807, 2.05) is 13.8 Å². The highest BCUT2D eigenvalue weighted by molar-refractivity contribution is 5.95. The van der Waals surface area contributed by atoms with E-state index < -0.39 is 11.5 Å². The SMILES string of the molecule is Cc1nn(C)c(=O)c(C(=O)NC(CCO)C(C)C)c1C. The summed E-state index contributed by atoms with van der Waals surface area (Å²) in [4.78, 5) is 24.4. The Hall–Kier alpha value is -1.69. The highest BCUT2D eigenvalue weighted by Gasteiger charge is 2.22. The van der Waals surface area contributed by atoms with Crippen molar-refractivity contribution < 1.29 is 9.90 Å². The van der Waals surface area contributed by atoms with Crippen molar-refractivity contribution in [2.24, 2.45) is 13.0 Å². The molecule has 1 amide bonds. The lowest BCUT2D eigenvalue weighted by atomic mass is 10.0. The van der Waals surface area contributed by atoms with Crippen molar-refractivity contribution in [1.29, 1.82) is 0 Å². The molecule has 1 atom stereocenters. The van der Waals surface area contributed by atoms with E-state index in [-0.39, 0.29) is 24.1 Å². The molecule has 0 bridgehead atoms. The van der Waals surface area contributed by atoms with Crippen molar-refractivity contribution in [2.45, 2.75) is 40.2 Å². The number of hydrogen-bond donors (Lipinski definition) is 2. The minimum Gasteiger partial charge on any atom is -0.396 e. The number of rotatable bonds is 5. The van der Waals surface area contributed by atoms with Gasteiger partial charge in [-0.3, -0.25) is 9.59 Å². The lowest BCUT2D eigenvalue weighted by Gasteiger charge is -2.22. The number of hydrogen-bond acceptors (Lipinski definition) is 4. The van der Waals surface area contributed by atoms with Crippen LogP contribution in [-0.4, -0.2) is 33.4 Å². The summed E-state index contributed by atoms with van der Waals surface area (Å²) in [6.45, 7) is 7.40. The molecular formula is C14H23N3O3. The highest BCUT2D eigenvalue weighted by atomic mass is 16.3. The second-order valence-electron chi connectivity index (χ2n) is 5.35. The normalized spacial score (nSPS) is 12.6. The van der Waals surface area contributed by atoms with E-state index in [2.05, 4.69) is 10.4 Å². The molecule has 0 aliphatic rings. The smallest absolute Gasteiger partial charge is 0.279 e. The van der Waals surface area contributed by atoms with Crippen molar-refractivity contribution >= 4 is 5.91 Å². The standard InChI is InChI=1S/C14H23N3O3/c1-8(2)11(6-7-18)15-13(19)12-9(3)10(4)16-17(5)14(12)20/h8,11,18H,6-7H2,1-5H3,(H,15,19). The summed E-state index contributed by atoms with van der Waals surface area (Å²) in [7, 11) is 1.53. The van der Waals surface area contributed by atoms with Gasteiger partial charge in [0.2, 0.25) is 0 Å². The van der Waals surface area contributed by atoms with E-state index in [9.17, 15) is 9.59 Å². The van der Waals surface area contributed by atoms with Crippen molar-refractivity contribution in [3.05, 3.63) is 27.2 Å². The summed E-state index contributed by atoms with van der Waals surface area (Å²) >= 11 is 0. The molecule has 1 aromatic heterocycles. The molecule has 112 valence electrons. The summed E-state index contributed by atoms with van der Waals surface area (Å²) in [5.74, 6) is -0.223. The largest absolute Gasteiger partial charge is 0.396 e. The van der Waals surface area contributed by atoms with E-state index in [0.29, 0.717) is 17.7 Å². The molecule has 0 aliphatic carbocycles. The first kappa shape index (κ1) is 16.4. The molecule has 0 saturated carbocycles. The van der Waals surface area contributed by atoms with Crippen LogP contribution in [0.15, 0.2) is 4.79 Å². The van der Waals surface area contributed by atoms with Crippen LogP contribution in [0, 0.1) is 19.8 Å². The van der Waals surface area contributed by atoms with Gasteiger partial charge >= 0.3 is 0 Å². The first-order chi connectivity index (χ1) is 9.29. The van der Waals surface area contributed by atoms with Gasteiger partial charge in [0.05, 0.1) is 5.69 Å². The third-order valence-corrected chi connectivity index (χ3v) is 3.51. The first-order valence-corrected chi connectivity index (χ1v) is 6.75. The Kier molecular flexibility index (Phi) is 5.44. The molecule has 0 aliphatic heterocycles. The Morgan fingerprint density at radius 1 is 1.40 bits per heavy atom. The quantitative estimate of drug-likeness (QED) is 0.824. The van der Waals surface area contributed by atoms with Gasteiger partial charge in [0.1, 0.15) is 5.56 Å². The Morgan fingerprint density at radius 2 is 2.00 bits per heavy atom. The Morgan fingerprint density at radius 3 is 2.50 bits per heavy atom. The first-order valence-electron chi connectivity index (χ1n) is 6.75. The van der Waals surface area contributed by atoms with Gasteiger partial charge in [-0.1, -0.05) is 13.8 Å². The molecular weight excluding hydrogens is 258 g/mol. The zero-order chi connectivity index (χ0) is 15.4. The maximum atomic E-state index is 12.3. The van der Waals surface area contributed by atoms with E-state index >= 15 is 0 Å². The molecule has 0 saturated heterocycles. The molecule has 0 radical (unpaired) electrons. The second-order valence-corrected chi connectivity index (χ2v) is 5.35. The van der Waals surface area contributed by atoms with E-state index in [4.69, 9.17) is 5.11 Å². The Labute approximate surface area is 118 Å². The molecule has 2 N–H and O–H groups in total. The third kappa shape index (κ3) is 3.45. The molecule has 1 heterocycles. The zero-order valence-electron chi connectivity index (χ0n) is 12.7. The Balaban J connectivity index is 3.13. The summed E-state index contributed by atoms with van der Waals surface area (Å²) in [5, 5.41) is 15.9. The number of aryl methyl sites for hydroxylation is 2. The second kappa shape index (κ2) is 6.65. The predicted octanol–water partition coefficient (Wildman–Crippen LogP) is 0.534. The number of amides is 1. The van der Waals surface area contributed by atoms with E-state index in [1.54, 1.807) is 13.8 Å². The van der Waals surface area contributed by atoms with Crippen molar-refractivity contribution in [1.82, 2.24) is 15.1 Å². The van der Waals surface area contributed by atoms with Gasteiger partial charge in [-0.15, -0.1) is 0 Å². The minimum absolute atomic E-state index is 0.00447. The number of nitrogens with one attached hydrogen (secondary N) is 1. The van der Waals surface area contributed by atoms with Gasteiger partial charge in [0, 0.05) is 19.7 Å². The molecule has 0 spiro atoms. The summed E-state index contributed by atoms with van der Waals surface area (Å²) in [6.07, 6.45) is 0.465. The number of nitrogens with zero attached hydrogens (tertiary/aromatic N) is 2. The molecule has 0 fully saturated rings. The van der Waals surface area contributed by atoms with Crippen LogP contribution in [0.3, 0.4) is 0 Å². The van der Waals surface area contributed by atoms with Crippen LogP contribution in [0.1, 0.15) is 41.9 Å². The van der Waals surface area contributed by atoms with Crippen molar-refractivity contribution in [3.63, 3.8) is 0 Å². The molecule has 1 aromatic rings. The zero-order valence-corrected chi connectivity index (χ0v) is 12.7. The maximum absolute atomic E-state index is 12.3. The average Bonchev–Trinajstić information content (AvgIpc) is 2.36. The summed E-state index contributed by atoms with van der Waals surface area (Å²) in [6, 6.07) is -0.162. The van der Waals surface area contributed by atoms with Crippen LogP contribution in [0.25, 0.3) is 0 Å². The lowest BCUT2D eigenvalue weighted by Crippen LogP contribution is -2.42. The molecule has 0 aromatic carbocycles. The number of aliphatic hydroxyl groups excluding tert-OH is 1. The van der Waals surface area contributed by atoms with Crippen LogP contribution >= 0.6 is 0 Å². The van der Waals surface area contributed by atoms with Crippen LogP contribution < -0.4 is 10.9 Å². The highest BCUT2D eigenvalue weighted by Crippen LogP contribution is 2.10. The van der Waals surface area contributed by atoms with Crippen LogP contribution in [0.5, 0.6) is 0 Å². The summed E-state index contributed by atoms with van der Waals surface area (Å²) < 4.78 is 1.17. The molecule has 1 unspecified atom stereocenters. The van der Waals surface area contributed by atoms with Gasteiger partial charge in [-0.2, -0.15) is 5.10 Å². The topological polar surface area (TPSA) is 84.2 Å². The van der Waals surface area contributed by atoms with Gasteiger partial charge in [0.25, 0.3) is 11.5 Å². The molecule has 6 heteroatoms. The number of carbonyl (C=O) groups excluding carboxylic acids is 1. The van der Waals surface area contributed by atoms with Crippen molar-refractivity contribution in [3.8, 4) is 0 Å². The number of carbonyl (C=O) groups is 1. The molecule has 1 rings (SSSR count). The fourth-order valence-corrected chi connectivity index (χ4v) is 2.07. The van der Waals surface area contributed by atoms with Gasteiger partial charge in [0.15, 0.2) is 0 Å². The van der Waals surface area contributed by atoms with Gasteiger partial charge in [-0.25, -0.2) is 4.68 Å². The van der Waals surface area contributed by atoms with Crippen LogP contribution in [0.4, 0.5) is 0 Å². The minimum atomic E-state index is -0.405. The van der Waals surface area contributed by atoms with Crippen LogP contribution in [0.2, 0.25) is 0 Å². The van der Waals surface area contributed by atoms with Crippen molar-refractivity contribution in [2.75, 3.05) is 6.61 Å². The fourth-order valence-electron chi connectivity index (χ4n) is 2.07. The number of aliphatic hydroxyl groups is 1. The Bertz CT molecular complexity index is 549. The van der Waals surface area contributed by atoms with Crippen LogP contribution in [-0.2, 0) is 7.05 Å². The number of aromatic nitrogens is 2. The molecule has 20 heavy (non-hydrogen) atoms. The predicted molar refractivity (Wildman–Crippen MR) is 76.7 cm³/mol. The van der Waals surface area contributed by atoms with E-state index in [0.717, 1.165) is 0 Å². The monoisotopic (exact) mass is 281 g/mol. The van der Waals surface area contributed by atoms with Gasteiger partial charge in [-0.05, 0) is 31.7 Å². The summed E-state index contributed by atoms with van der Waals surface area (Å²) in [5.41, 5.74) is 0.971. The molecule has 6 nitrogen and oxygen atoms in total. The fraction of sp³-hybridized carbons (Fsp3) is 0.643.